The second kappa shape index (κ2) is 11.8. The fraction of sp³-hybridized carbons (Fsp3) is 0.367. The van der Waals surface area contributed by atoms with E-state index < -0.39 is 34.8 Å². The second-order valence-electron chi connectivity index (χ2n) is 9.64. The first kappa shape index (κ1) is 26.7. The third-order valence-corrected chi connectivity index (χ3v) is 6.97. The van der Waals surface area contributed by atoms with E-state index in [4.69, 9.17) is 9.47 Å². The number of hydrogen-bond acceptors (Lipinski definition) is 3. The van der Waals surface area contributed by atoms with E-state index in [1.54, 1.807) is 12.1 Å². The van der Waals surface area contributed by atoms with Gasteiger partial charge in [0.1, 0.15) is 5.75 Å². The van der Waals surface area contributed by atoms with Crippen molar-refractivity contribution < 1.29 is 31.8 Å². The van der Waals surface area contributed by atoms with Gasteiger partial charge >= 0.3 is 5.97 Å². The van der Waals surface area contributed by atoms with E-state index in [1.165, 1.54) is 30.3 Å². The van der Waals surface area contributed by atoms with Crippen LogP contribution in [0.1, 0.15) is 74.2 Å². The maximum absolute atomic E-state index is 15.0. The molecule has 3 aromatic carbocycles. The Morgan fingerprint density at radius 3 is 2.22 bits per heavy atom. The van der Waals surface area contributed by atoms with Crippen LogP contribution in [0.15, 0.2) is 48.5 Å². The van der Waals surface area contributed by atoms with Gasteiger partial charge in [-0.2, -0.15) is 4.39 Å². The van der Waals surface area contributed by atoms with Gasteiger partial charge in [0.2, 0.25) is 5.82 Å². The van der Waals surface area contributed by atoms with Crippen LogP contribution in [-0.2, 0) is 0 Å². The molecular formula is C30H30F4O3. The van der Waals surface area contributed by atoms with Gasteiger partial charge in [-0.1, -0.05) is 57.4 Å². The molecule has 3 aromatic rings. The monoisotopic (exact) mass is 514 g/mol. The van der Waals surface area contributed by atoms with Crippen LogP contribution in [0.2, 0.25) is 0 Å². The first-order valence-corrected chi connectivity index (χ1v) is 12.7. The van der Waals surface area contributed by atoms with Crippen molar-refractivity contribution in [3.05, 3.63) is 82.9 Å². The zero-order chi connectivity index (χ0) is 26.5. The first-order valence-electron chi connectivity index (χ1n) is 12.7. The minimum absolute atomic E-state index is 0.0174. The Bertz CT molecular complexity index is 1250. The highest BCUT2D eigenvalue weighted by Gasteiger charge is 2.25. The lowest BCUT2D eigenvalue weighted by Gasteiger charge is -2.27. The SMILES string of the molecule is CCCCOc1ccc(C(=O)Oc2ccc(-c3ccc(C4CCC(C)CC4)c(F)c3F)cc2)c(F)c1F. The molecule has 0 spiro atoms. The highest BCUT2D eigenvalue weighted by molar-refractivity contribution is 5.91. The molecule has 196 valence electrons. The number of rotatable bonds is 8. The van der Waals surface area contributed by atoms with Crippen LogP contribution in [-0.4, -0.2) is 12.6 Å². The summed E-state index contributed by atoms with van der Waals surface area (Å²) in [5.41, 5.74) is 0.320. The maximum Gasteiger partial charge on any atom is 0.346 e. The lowest BCUT2D eigenvalue weighted by Crippen LogP contribution is -2.13. The minimum atomic E-state index is -1.36. The summed E-state index contributed by atoms with van der Waals surface area (Å²) < 4.78 is 69.0. The number of carbonyl (C=O) groups is 1. The second-order valence-corrected chi connectivity index (χ2v) is 9.64. The summed E-state index contributed by atoms with van der Waals surface area (Å²) in [5, 5.41) is 0. The molecule has 0 amide bonds. The summed E-state index contributed by atoms with van der Waals surface area (Å²) in [6, 6.07) is 11.2. The van der Waals surface area contributed by atoms with E-state index in [0.29, 0.717) is 23.5 Å². The third-order valence-electron chi connectivity index (χ3n) is 6.97. The molecule has 1 aliphatic carbocycles. The average Bonchev–Trinajstić information content (AvgIpc) is 2.89. The number of carbonyl (C=O) groups excluding carboxylic acids is 1. The molecule has 0 unspecified atom stereocenters. The minimum Gasteiger partial charge on any atom is -0.490 e. The Balaban J connectivity index is 1.46. The number of halogens is 4. The summed E-state index contributed by atoms with van der Waals surface area (Å²) in [6.45, 7) is 4.34. The number of unbranched alkanes of at least 4 members (excludes halogenated alkanes) is 1. The Labute approximate surface area is 214 Å². The normalized spacial score (nSPS) is 17.5. The number of esters is 1. The third kappa shape index (κ3) is 5.97. The molecule has 0 heterocycles. The zero-order valence-corrected chi connectivity index (χ0v) is 21.0. The molecule has 0 atom stereocenters. The molecule has 0 radical (unpaired) electrons. The van der Waals surface area contributed by atoms with Crippen LogP contribution in [0.3, 0.4) is 0 Å². The van der Waals surface area contributed by atoms with Crippen molar-refractivity contribution in [3.63, 3.8) is 0 Å². The van der Waals surface area contributed by atoms with Crippen molar-refractivity contribution in [2.75, 3.05) is 6.61 Å². The molecule has 0 bridgehead atoms. The first-order chi connectivity index (χ1) is 17.8. The summed E-state index contributed by atoms with van der Waals surface area (Å²) in [5.74, 6) is -5.06. The lowest BCUT2D eigenvalue weighted by molar-refractivity contribution is 0.0728. The molecule has 1 aliphatic rings. The van der Waals surface area contributed by atoms with Crippen LogP contribution in [0.25, 0.3) is 11.1 Å². The van der Waals surface area contributed by atoms with Crippen molar-refractivity contribution >= 4 is 5.97 Å². The molecule has 37 heavy (non-hydrogen) atoms. The standard InChI is InChI=1S/C30H30F4O3/c1-3-4-17-36-25-16-15-24(28(33)29(25)34)30(35)37-21-11-9-20(10-12-21)23-14-13-22(26(31)27(23)32)19-7-5-18(2)6-8-19/h9-16,18-19H,3-8,17H2,1-2H3. The Kier molecular flexibility index (Phi) is 8.52. The smallest absolute Gasteiger partial charge is 0.346 e. The highest BCUT2D eigenvalue weighted by atomic mass is 19.2. The molecule has 0 aromatic heterocycles. The van der Waals surface area contributed by atoms with Crippen molar-refractivity contribution in [1.82, 2.24) is 0 Å². The summed E-state index contributed by atoms with van der Waals surface area (Å²) in [4.78, 5) is 12.4. The van der Waals surface area contributed by atoms with Gasteiger partial charge in [-0.25, -0.2) is 18.0 Å². The predicted molar refractivity (Wildman–Crippen MR) is 134 cm³/mol. The topological polar surface area (TPSA) is 35.5 Å². The summed E-state index contributed by atoms with van der Waals surface area (Å²) in [7, 11) is 0. The van der Waals surface area contributed by atoms with Crippen molar-refractivity contribution in [2.45, 2.75) is 58.3 Å². The van der Waals surface area contributed by atoms with Crippen LogP contribution >= 0.6 is 0 Å². The van der Waals surface area contributed by atoms with Crippen LogP contribution in [0.4, 0.5) is 17.6 Å². The quantitative estimate of drug-likeness (QED) is 0.131. The van der Waals surface area contributed by atoms with Crippen LogP contribution in [0.5, 0.6) is 11.5 Å². The molecule has 3 nitrogen and oxygen atoms in total. The Hall–Kier alpha value is -3.35. The maximum atomic E-state index is 15.0. The lowest BCUT2D eigenvalue weighted by atomic mass is 9.79. The van der Waals surface area contributed by atoms with Gasteiger partial charge in [-0.15, -0.1) is 0 Å². The van der Waals surface area contributed by atoms with Gasteiger partial charge in [0.15, 0.2) is 23.2 Å². The van der Waals surface area contributed by atoms with E-state index in [0.717, 1.165) is 38.2 Å². The van der Waals surface area contributed by atoms with Crippen molar-refractivity contribution in [3.8, 4) is 22.6 Å². The number of ether oxygens (including phenoxy) is 2. The van der Waals surface area contributed by atoms with Crippen LogP contribution in [0, 0.1) is 29.2 Å². The molecule has 0 saturated heterocycles. The zero-order valence-electron chi connectivity index (χ0n) is 21.0. The van der Waals surface area contributed by atoms with Gasteiger partial charge in [-0.05, 0) is 66.5 Å². The predicted octanol–water partition coefficient (Wildman–Crippen LogP) is 8.60. The fourth-order valence-corrected chi connectivity index (χ4v) is 4.67. The van der Waals surface area contributed by atoms with Gasteiger partial charge in [0.05, 0.1) is 12.2 Å². The number of hydrogen-bond donors (Lipinski definition) is 0. The van der Waals surface area contributed by atoms with Gasteiger partial charge in [0.25, 0.3) is 0 Å². The molecule has 0 N–H and O–H groups in total. The van der Waals surface area contributed by atoms with E-state index >= 15 is 0 Å². The largest absolute Gasteiger partial charge is 0.490 e. The van der Waals surface area contributed by atoms with Gasteiger partial charge in [-0.3, -0.25) is 0 Å². The van der Waals surface area contributed by atoms with E-state index in [9.17, 15) is 22.4 Å². The van der Waals surface area contributed by atoms with E-state index in [2.05, 4.69) is 6.92 Å². The van der Waals surface area contributed by atoms with Gasteiger partial charge < -0.3 is 9.47 Å². The Morgan fingerprint density at radius 2 is 1.54 bits per heavy atom. The molecule has 0 aliphatic heterocycles. The molecule has 1 fully saturated rings. The molecule has 4 rings (SSSR count). The average molecular weight is 515 g/mol. The van der Waals surface area contributed by atoms with E-state index in [1.807, 2.05) is 6.92 Å². The molecule has 7 heteroatoms. The molecule has 1 saturated carbocycles. The van der Waals surface area contributed by atoms with Crippen molar-refractivity contribution in [2.24, 2.45) is 5.92 Å². The van der Waals surface area contributed by atoms with Gasteiger partial charge in [0, 0.05) is 5.56 Å². The summed E-state index contributed by atoms with van der Waals surface area (Å²) in [6.07, 6.45) is 5.20. The molecular weight excluding hydrogens is 484 g/mol. The Morgan fingerprint density at radius 1 is 0.838 bits per heavy atom. The fourth-order valence-electron chi connectivity index (χ4n) is 4.67. The summed E-state index contributed by atoms with van der Waals surface area (Å²) >= 11 is 0. The highest BCUT2D eigenvalue weighted by Crippen LogP contribution is 2.39. The van der Waals surface area contributed by atoms with Crippen molar-refractivity contribution in [1.29, 1.82) is 0 Å². The van der Waals surface area contributed by atoms with Crippen LogP contribution < -0.4 is 9.47 Å². The van der Waals surface area contributed by atoms with E-state index in [-0.39, 0.29) is 29.6 Å². The number of benzene rings is 3.